The predicted octanol–water partition coefficient (Wildman–Crippen LogP) is 1.91. The minimum absolute atomic E-state index is 0.0707. The van der Waals surface area contributed by atoms with Gasteiger partial charge in [0.25, 0.3) is 0 Å². The van der Waals surface area contributed by atoms with Crippen LogP contribution in [0.5, 0.6) is 0 Å². The third kappa shape index (κ3) is 1.63. The molecule has 1 atom stereocenters. The summed E-state index contributed by atoms with van der Waals surface area (Å²) in [6, 6.07) is 9.83. The highest BCUT2D eigenvalue weighted by molar-refractivity contribution is 5.77. The Balaban J connectivity index is 2.13. The number of nitrogens with zero attached hydrogens (tertiary/aromatic N) is 1. The maximum atomic E-state index is 11.4. The van der Waals surface area contributed by atoms with Crippen molar-refractivity contribution in [2.24, 2.45) is 0 Å². The van der Waals surface area contributed by atoms with E-state index in [1.807, 2.05) is 37.3 Å². The molecule has 1 unspecified atom stereocenters. The number of hydrogen-bond donors (Lipinski definition) is 0. The molecule has 1 saturated heterocycles. The Morgan fingerprint density at radius 3 is 2.71 bits per heavy atom. The molecule has 0 aliphatic carbocycles. The Bertz CT molecular complexity index is 323. The summed E-state index contributed by atoms with van der Waals surface area (Å²) in [5.74, 6) is 0.0707. The van der Waals surface area contributed by atoms with Gasteiger partial charge in [-0.15, -0.1) is 0 Å². The van der Waals surface area contributed by atoms with Crippen molar-refractivity contribution in [1.29, 1.82) is 0 Å². The molecule has 1 amide bonds. The fraction of sp³-hybridized carbons (Fsp3) is 0.364. The number of rotatable bonds is 2. The van der Waals surface area contributed by atoms with Crippen LogP contribution in [0.4, 0.5) is 0 Å². The molecule has 1 aliphatic rings. The van der Waals surface area contributed by atoms with Crippen molar-refractivity contribution in [3.05, 3.63) is 35.9 Å². The van der Waals surface area contributed by atoms with Crippen molar-refractivity contribution in [1.82, 2.24) is 5.06 Å². The molecule has 14 heavy (non-hydrogen) atoms. The Morgan fingerprint density at radius 2 is 2.14 bits per heavy atom. The first-order valence-electron chi connectivity index (χ1n) is 4.83. The van der Waals surface area contributed by atoms with E-state index in [4.69, 9.17) is 4.84 Å². The smallest absolute Gasteiger partial charge is 0.249 e. The van der Waals surface area contributed by atoms with Gasteiger partial charge in [-0.3, -0.25) is 9.63 Å². The molecule has 74 valence electrons. The zero-order chi connectivity index (χ0) is 9.97. The van der Waals surface area contributed by atoms with Gasteiger partial charge in [-0.2, -0.15) is 0 Å². The van der Waals surface area contributed by atoms with E-state index in [9.17, 15) is 4.79 Å². The monoisotopic (exact) mass is 191 g/mol. The Labute approximate surface area is 83.2 Å². The molecule has 1 fully saturated rings. The quantitative estimate of drug-likeness (QED) is 0.714. The first-order chi connectivity index (χ1) is 6.81. The summed E-state index contributed by atoms with van der Waals surface area (Å²) in [6.45, 7) is 2.52. The molecule has 0 spiro atoms. The molecule has 0 saturated carbocycles. The number of carbonyl (C=O) groups is 1. The van der Waals surface area contributed by atoms with E-state index in [2.05, 4.69) is 0 Å². The van der Waals surface area contributed by atoms with Crippen molar-refractivity contribution in [3.8, 4) is 0 Å². The maximum Gasteiger partial charge on any atom is 0.249 e. The second kappa shape index (κ2) is 3.80. The lowest BCUT2D eigenvalue weighted by molar-refractivity contribution is -0.172. The van der Waals surface area contributed by atoms with E-state index in [-0.39, 0.29) is 12.0 Å². The number of amides is 1. The topological polar surface area (TPSA) is 29.5 Å². The summed E-state index contributed by atoms with van der Waals surface area (Å²) in [5.41, 5.74) is 1.07. The van der Waals surface area contributed by atoms with Crippen LogP contribution in [0.1, 0.15) is 25.0 Å². The van der Waals surface area contributed by atoms with E-state index in [1.54, 1.807) is 0 Å². The van der Waals surface area contributed by atoms with E-state index < -0.39 is 0 Å². The van der Waals surface area contributed by atoms with E-state index in [1.165, 1.54) is 5.06 Å². The molecule has 0 radical (unpaired) electrons. The molecule has 0 N–H and O–H groups in total. The van der Waals surface area contributed by atoms with Crippen molar-refractivity contribution in [3.63, 3.8) is 0 Å². The predicted molar refractivity (Wildman–Crippen MR) is 52.3 cm³/mol. The van der Waals surface area contributed by atoms with E-state index >= 15 is 0 Å². The highest BCUT2D eigenvalue weighted by atomic mass is 16.7. The van der Waals surface area contributed by atoms with Crippen LogP contribution in [0.25, 0.3) is 0 Å². The highest BCUT2D eigenvalue weighted by Gasteiger charge is 2.30. The molecular weight excluding hydrogens is 178 g/mol. The van der Waals surface area contributed by atoms with Crippen LogP contribution in [0, 0.1) is 0 Å². The summed E-state index contributed by atoms with van der Waals surface area (Å²) in [5, 5.41) is 1.43. The maximum absolute atomic E-state index is 11.4. The van der Waals surface area contributed by atoms with Gasteiger partial charge in [0.2, 0.25) is 5.91 Å². The summed E-state index contributed by atoms with van der Waals surface area (Å²) in [4.78, 5) is 16.9. The molecule has 0 aromatic heterocycles. The van der Waals surface area contributed by atoms with Gasteiger partial charge < -0.3 is 0 Å². The van der Waals surface area contributed by atoms with Crippen molar-refractivity contribution < 1.29 is 9.63 Å². The van der Waals surface area contributed by atoms with Crippen LogP contribution < -0.4 is 0 Å². The van der Waals surface area contributed by atoms with Gasteiger partial charge in [0.15, 0.2) is 0 Å². The van der Waals surface area contributed by atoms with Crippen LogP contribution in [-0.2, 0) is 9.63 Å². The average Bonchev–Trinajstić information content (AvgIpc) is 2.61. The van der Waals surface area contributed by atoms with Gasteiger partial charge >= 0.3 is 0 Å². The molecule has 1 aromatic rings. The summed E-state index contributed by atoms with van der Waals surface area (Å²) in [6.07, 6.45) is 0.362. The second-order valence-electron chi connectivity index (χ2n) is 3.30. The van der Waals surface area contributed by atoms with Gasteiger partial charge in [-0.05, 0) is 12.5 Å². The summed E-state index contributed by atoms with van der Waals surface area (Å²) < 4.78 is 0. The standard InChI is InChI=1S/C11H13NO2/c1-2-12-11(13)8-10(14-12)9-6-4-3-5-7-9/h3-7,10H,2,8H2,1H3. The highest BCUT2D eigenvalue weighted by Crippen LogP contribution is 2.28. The van der Waals surface area contributed by atoms with Gasteiger partial charge in [-0.1, -0.05) is 30.3 Å². The molecule has 1 aromatic carbocycles. The minimum atomic E-state index is -0.0938. The summed E-state index contributed by atoms with van der Waals surface area (Å²) >= 11 is 0. The molecule has 1 aliphatic heterocycles. The van der Waals surface area contributed by atoms with Gasteiger partial charge in [-0.25, -0.2) is 5.06 Å². The average molecular weight is 191 g/mol. The Morgan fingerprint density at radius 1 is 1.43 bits per heavy atom. The van der Waals surface area contributed by atoms with E-state index in [0.29, 0.717) is 13.0 Å². The molecule has 0 bridgehead atoms. The number of hydroxylamine groups is 2. The van der Waals surface area contributed by atoms with Crippen molar-refractivity contribution >= 4 is 5.91 Å². The first kappa shape index (κ1) is 9.21. The Kier molecular flexibility index (Phi) is 2.50. The minimum Gasteiger partial charge on any atom is -0.272 e. The first-order valence-corrected chi connectivity index (χ1v) is 4.83. The number of hydrogen-bond acceptors (Lipinski definition) is 2. The van der Waals surface area contributed by atoms with Gasteiger partial charge in [0, 0.05) is 6.54 Å². The fourth-order valence-electron chi connectivity index (χ4n) is 1.61. The molecule has 2 rings (SSSR count). The normalized spacial score (nSPS) is 21.6. The van der Waals surface area contributed by atoms with Gasteiger partial charge in [0.05, 0.1) is 6.42 Å². The zero-order valence-corrected chi connectivity index (χ0v) is 8.14. The lowest BCUT2D eigenvalue weighted by atomic mass is 10.1. The lowest BCUT2D eigenvalue weighted by Gasteiger charge is -2.13. The van der Waals surface area contributed by atoms with Crippen LogP contribution in [0.2, 0.25) is 0 Å². The largest absolute Gasteiger partial charge is 0.272 e. The Hall–Kier alpha value is -1.35. The van der Waals surface area contributed by atoms with E-state index in [0.717, 1.165) is 5.56 Å². The third-order valence-corrected chi connectivity index (χ3v) is 2.35. The van der Waals surface area contributed by atoms with Crippen LogP contribution in [0.15, 0.2) is 30.3 Å². The molecule has 1 heterocycles. The van der Waals surface area contributed by atoms with Crippen molar-refractivity contribution in [2.45, 2.75) is 19.4 Å². The lowest BCUT2D eigenvalue weighted by Crippen LogP contribution is -2.22. The number of carbonyl (C=O) groups excluding carboxylic acids is 1. The van der Waals surface area contributed by atoms with Crippen LogP contribution in [-0.4, -0.2) is 17.5 Å². The fourth-order valence-corrected chi connectivity index (χ4v) is 1.61. The zero-order valence-electron chi connectivity index (χ0n) is 8.14. The molecular formula is C11H13NO2. The van der Waals surface area contributed by atoms with Crippen molar-refractivity contribution in [2.75, 3.05) is 6.54 Å². The molecule has 3 nitrogen and oxygen atoms in total. The van der Waals surface area contributed by atoms with Crippen LogP contribution >= 0.6 is 0 Å². The second-order valence-corrected chi connectivity index (χ2v) is 3.30. The van der Waals surface area contributed by atoms with Crippen LogP contribution in [0.3, 0.4) is 0 Å². The number of benzene rings is 1. The van der Waals surface area contributed by atoms with Gasteiger partial charge in [0.1, 0.15) is 6.10 Å². The summed E-state index contributed by atoms with van der Waals surface area (Å²) in [7, 11) is 0. The third-order valence-electron chi connectivity index (χ3n) is 2.35. The molecule has 3 heteroatoms. The SMILES string of the molecule is CCN1OC(c2ccccc2)CC1=O.